The second kappa shape index (κ2) is 7.11. The van der Waals surface area contributed by atoms with Gasteiger partial charge in [-0.25, -0.2) is 4.98 Å². The van der Waals surface area contributed by atoms with Gasteiger partial charge in [-0.1, -0.05) is 0 Å². The van der Waals surface area contributed by atoms with Gasteiger partial charge in [-0.05, 0) is 36.5 Å². The second-order valence-electron chi connectivity index (χ2n) is 5.98. The molecular weight excluding hydrogens is 414 g/mol. The van der Waals surface area contributed by atoms with Gasteiger partial charge in [-0.3, -0.25) is 14.0 Å². The Morgan fingerprint density at radius 3 is 2.32 bits per heavy atom. The molecule has 0 saturated carbocycles. The van der Waals surface area contributed by atoms with E-state index in [-0.39, 0.29) is 16.6 Å². The van der Waals surface area contributed by atoms with Crippen LogP contribution in [-0.4, -0.2) is 33.3 Å². The van der Waals surface area contributed by atoms with Crippen LogP contribution in [-0.2, 0) is 12.4 Å². The number of hydrogen-bond acceptors (Lipinski definition) is 5. The summed E-state index contributed by atoms with van der Waals surface area (Å²) in [6.45, 7) is 0.821. The average Bonchev–Trinajstić information content (AvgIpc) is 3.23. The Kier molecular flexibility index (Phi) is 5.12. The van der Waals surface area contributed by atoms with Gasteiger partial charge in [0.15, 0.2) is 0 Å². The third-order valence-electron chi connectivity index (χ3n) is 3.99. The largest absolute Gasteiger partial charge is 0.433 e. The van der Waals surface area contributed by atoms with Crippen molar-refractivity contribution in [2.24, 2.45) is 0 Å². The third kappa shape index (κ3) is 4.13. The fourth-order valence-corrected chi connectivity index (χ4v) is 3.42. The van der Waals surface area contributed by atoms with Crippen LogP contribution in [0.5, 0.6) is 0 Å². The van der Waals surface area contributed by atoms with Gasteiger partial charge in [-0.2, -0.15) is 26.3 Å². The van der Waals surface area contributed by atoms with E-state index in [2.05, 4.69) is 14.7 Å². The highest BCUT2D eigenvalue weighted by molar-refractivity contribution is 7.10. The first kappa shape index (κ1) is 20.2. The predicted molar refractivity (Wildman–Crippen MR) is 87.6 cm³/mol. The highest BCUT2D eigenvalue weighted by atomic mass is 32.1. The lowest BCUT2D eigenvalue weighted by molar-refractivity contribution is -0.145. The van der Waals surface area contributed by atoms with Gasteiger partial charge in [0.25, 0.3) is 11.5 Å². The molecule has 0 aromatic carbocycles. The molecule has 3 heterocycles. The molecule has 0 bridgehead atoms. The summed E-state index contributed by atoms with van der Waals surface area (Å²) in [5.74, 6) is -1.43. The van der Waals surface area contributed by atoms with Gasteiger partial charge in [0.1, 0.15) is 22.1 Å². The molecule has 28 heavy (non-hydrogen) atoms. The number of anilines is 2. The van der Waals surface area contributed by atoms with Gasteiger partial charge < -0.3 is 10.2 Å². The molecule has 152 valence electrons. The summed E-state index contributed by atoms with van der Waals surface area (Å²) >= 11 is 0.586. The standard InChI is InChI=1S/C15H12F6N4O2S/c16-14(17,18)7-5-8(15(19,20)21)22-9(6-7)23-12-10(11(26)24-28-12)13(27)25-3-1-2-4-25/h5-6H,1-4H2,(H,22,23)(H,24,26). The number of carbonyl (C=O) groups is 1. The monoisotopic (exact) mass is 426 g/mol. The Bertz CT molecular complexity index is 911. The Labute approximate surface area is 157 Å². The molecule has 13 heteroatoms. The van der Waals surface area contributed by atoms with E-state index in [9.17, 15) is 35.9 Å². The highest BCUT2D eigenvalue weighted by Crippen LogP contribution is 2.36. The fraction of sp³-hybridized carbons (Fsp3) is 0.400. The lowest BCUT2D eigenvalue weighted by Crippen LogP contribution is -2.31. The minimum atomic E-state index is -5.11. The third-order valence-corrected chi connectivity index (χ3v) is 4.79. The molecule has 0 atom stereocenters. The second-order valence-corrected chi connectivity index (χ2v) is 6.80. The molecule has 0 aliphatic carbocycles. The van der Waals surface area contributed by atoms with Crippen molar-refractivity contribution in [2.45, 2.75) is 25.2 Å². The van der Waals surface area contributed by atoms with Gasteiger partial charge in [-0.15, -0.1) is 0 Å². The predicted octanol–water partition coefficient (Wildman–Crippen LogP) is 3.85. The number of nitrogens with zero attached hydrogens (tertiary/aromatic N) is 2. The molecule has 1 amide bonds. The number of rotatable bonds is 3. The quantitative estimate of drug-likeness (QED) is 0.731. The van der Waals surface area contributed by atoms with Crippen molar-refractivity contribution >= 4 is 28.3 Å². The summed E-state index contributed by atoms with van der Waals surface area (Å²) in [5, 5.41) is 2.04. The fourth-order valence-electron chi connectivity index (χ4n) is 2.68. The van der Waals surface area contributed by atoms with Crippen molar-refractivity contribution in [3.05, 3.63) is 39.3 Å². The van der Waals surface area contributed by atoms with Crippen LogP contribution >= 0.6 is 11.5 Å². The molecule has 6 nitrogen and oxygen atoms in total. The van der Waals surface area contributed by atoms with Crippen LogP contribution in [0.2, 0.25) is 0 Å². The summed E-state index contributed by atoms with van der Waals surface area (Å²) in [6, 6.07) is 0.268. The van der Waals surface area contributed by atoms with Crippen LogP contribution in [0.25, 0.3) is 0 Å². The number of carbonyl (C=O) groups excluding carboxylic acids is 1. The molecule has 2 N–H and O–H groups in total. The lowest BCUT2D eigenvalue weighted by Gasteiger charge is -2.16. The van der Waals surface area contributed by atoms with E-state index in [1.807, 2.05) is 0 Å². The van der Waals surface area contributed by atoms with Gasteiger partial charge >= 0.3 is 12.4 Å². The number of halogens is 6. The van der Waals surface area contributed by atoms with Crippen molar-refractivity contribution < 1.29 is 31.1 Å². The van der Waals surface area contributed by atoms with Crippen molar-refractivity contribution in [3.63, 3.8) is 0 Å². The Balaban J connectivity index is 2.00. The van der Waals surface area contributed by atoms with E-state index >= 15 is 0 Å². The molecule has 1 aliphatic rings. The molecule has 1 saturated heterocycles. The first-order chi connectivity index (χ1) is 13.0. The topological polar surface area (TPSA) is 78.1 Å². The minimum Gasteiger partial charge on any atom is -0.338 e. The molecule has 3 rings (SSSR count). The Morgan fingerprint density at radius 1 is 1.11 bits per heavy atom. The number of H-pyrrole nitrogens is 1. The minimum absolute atomic E-state index is 0.110. The molecule has 2 aromatic heterocycles. The molecule has 0 unspecified atom stereocenters. The first-order valence-corrected chi connectivity index (χ1v) is 8.72. The van der Waals surface area contributed by atoms with E-state index in [1.165, 1.54) is 4.90 Å². The lowest BCUT2D eigenvalue weighted by atomic mass is 10.2. The van der Waals surface area contributed by atoms with Crippen LogP contribution in [0.4, 0.5) is 37.2 Å². The van der Waals surface area contributed by atoms with Crippen LogP contribution in [0.3, 0.4) is 0 Å². The van der Waals surface area contributed by atoms with Gasteiger partial charge in [0.05, 0.1) is 5.56 Å². The number of aromatic amines is 1. The summed E-state index contributed by atoms with van der Waals surface area (Å²) in [4.78, 5) is 29.0. The highest BCUT2D eigenvalue weighted by Gasteiger charge is 2.38. The van der Waals surface area contributed by atoms with Crippen molar-refractivity contribution in [1.29, 1.82) is 0 Å². The zero-order valence-electron chi connectivity index (χ0n) is 13.9. The van der Waals surface area contributed by atoms with E-state index in [1.54, 1.807) is 0 Å². The zero-order chi connectivity index (χ0) is 20.7. The molecule has 0 radical (unpaired) electrons. The van der Waals surface area contributed by atoms with Crippen molar-refractivity contribution in [3.8, 4) is 0 Å². The SMILES string of the molecule is O=C(c1c(Nc2cc(C(F)(F)F)cc(C(F)(F)F)n2)s[nH]c1=O)N1CCCC1. The molecule has 1 aliphatic heterocycles. The van der Waals surface area contributed by atoms with Crippen LogP contribution in [0, 0.1) is 0 Å². The number of hydrogen-bond donors (Lipinski definition) is 2. The maximum Gasteiger partial charge on any atom is 0.433 e. The van der Waals surface area contributed by atoms with E-state index in [4.69, 9.17) is 0 Å². The maximum absolute atomic E-state index is 13.0. The number of aromatic nitrogens is 2. The summed E-state index contributed by atoms with van der Waals surface area (Å²) < 4.78 is 79.9. The van der Waals surface area contributed by atoms with E-state index in [0.717, 1.165) is 12.8 Å². The maximum atomic E-state index is 13.0. The molecular formula is C15H12F6N4O2S. The average molecular weight is 426 g/mol. The number of alkyl halides is 6. The molecule has 0 spiro atoms. The zero-order valence-corrected chi connectivity index (χ0v) is 14.7. The van der Waals surface area contributed by atoms with Gasteiger partial charge in [0.2, 0.25) is 0 Å². The summed E-state index contributed by atoms with van der Waals surface area (Å²) in [6.07, 6.45) is -8.68. The van der Waals surface area contributed by atoms with Crippen molar-refractivity contribution in [2.75, 3.05) is 18.4 Å². The Hall–Kier alpha value is -2.57. The number of pyridine rings is 1. The van der Waals surface area contributed by atoms with E-state index in [0.29, 0.717) is 30.7 Å². The number of likely N-dealkylation sites (tertiary alicyclic amines) is 1. The molecule has 2 aromatic rings. The van der Waals surface area contributed by atoms with Crippen LogP contribution in [0.1, 0.15) is 34.5 Å². The normalized spacial score (nSPS) is 15.1. The first-order valence-electron chi connectivity index (χ1n) is 7.91. The van der Waals surface area contributed by atoms with E-state index < -0.39 is 40.9 Å². The summed E-state index contributed by atoms with van der Waals surface area (Å²) in [7, 11) is 0. The smallest absolute Gasteiger partial charge is 0.338 e. The van der Waals surface area contributed by atoms with Gasteiger partial charge in [0, 0.05) is 13.1 Å². The van der Waals surface area contributed by atoms with Crippen molar-refractivity contribution in [1.82, 2.24) is 14.3 Å². The summed E-state index contributed by atoms with van der Waals surface area (Å²) in [5.41, 5.74) is -4.47. The molecule has 1 fully saturated rings. The van der Waals surface area contributed by atoms with Crippen LogP contribution in [0.15, 0.2) is 16.9 Å². The van der Waals surface area contributed by atoms with Crippen LogP contribution < -0.4 is 10.9 Å². The number of nitrogens with one attached hydrogen (secondary N) is 2. The Morgan fingerprint density at radius 2 is 1.75 bits per heavy atom. The number of amides is 1.